The standard InChI is InChI=1S/C11H9F2N3/c1-2-11-15-9-5-7(12)8(13)6-10(9)16(11)4-3-14/h5-6H,2,4H2,1H3. The molecule has 0 bridgehead atoms. The molecule has 0 radical (unpaired) electrons. The van der Waals surface area contributed by atoms with Gasteiger partial charge in [-0.1, -0.05) is 6.92 Å². The number of hydrogen-bond acceptors (Lipinski definition) is 2. The van der Waals surface area contributed by atoms with Gasteiger partial charge in [0.2, 0.25) is 0 Å². The molecule has 2 aromatic rings. The van der Waals surface area contributed by atoms with Gasteiger partial charge in [0.05, 0.1) is 17.1 Å². The zero-order valence-electron chi connectivity index (χ0n) is 8.67. The van der Waals surface area contributed by atoms with Gasteiger partial charge in [0, 0.05) is 18.6 Å². The molecule has 1 heterocycles. The summed E-state index contributed by atoms with van der Waals surface area (Å²) in [5.74, 6) is -1.19. The largest absolute Gasteiger partial charge is 0.314 e. The molecule has 1 aromatic heterocycles. The molecular weight excluding hydrogens is 212 g/mol. The highest BCUT2D eigenvalue weighted by Crippen LogP contribution is 2.20. The first-order valence-corrected chi connectivity index (χ1v) is 4.88. The number of hydrogen-bond donors (Lipinski definition) is 0. The molecule has 0 aliphatic heterocycles. The smallest absolute Gasteiger partial charge is 0.161 e. The first-order chi connectivity index (χ1) is 7.67. The van der Waals surface area contributed by atoms with Crippen LogP contribution >= 0.6 is 0 Å². The molecule has 0 aliphatic carbocycles. The Morgan fingerprint density at radius 3 is 2.69 bits per heavy atom. The van der Waals surface area contributed by atoms with Gasteiger partial charge in [-0.05, 0) is 0 Å². The van der Waals surface area contributed by atoms with Crippen molar-refractivity contribution in [3.63, 3.8) is 0 Å². The maximum atomic E-state index is 13.1. The van der Waals surface area contributed by atoms with E-state index in [0.29, 0.717) is 23.3 Å². The van der Waals surface area contributed by atoms with Gasteiger partial charge in [-0.2, -0.15) is 5.26 Å². The van der Waals surface area contributed by atoms with Crippen molar-refractivity contribution in [2.24, 2.45) is 0 Å². The van der Waals surface area contributed by atoms with Crippen LogP contribution < -0.4 is 0 Å². The fourth-order valence-corrected chi connectivity index (χ4v) is 1.69. The van der Waals surface area contributed by atoms with Crippen LogP contribution in [-0.4, -0.2) is 9.55 Å². The quantitative estimate of drug-likeness (QED) is 0.781. The number of nitriles is 1. The Hall–Kier alpha value is -1.96. The normalized spacial score (nSPS) is 10.6. The highest BCUT2D eigenvalue weighted by atomic mass is 19.2. The second kappa shape index (κ2) is 3.89. The summed E-state index contributed by atoms with van der Waals surface area (Å²) in [4.78, 5) is 4.16. The average molecular weight is 221 g/mol. The zero-order chi connectivity index (χ0) is 11.7. The molecule has 0 atom stereocenters. The molecule has 1 aromatic carbocycles. The van der Waals surface area contributed by atoms with Crippen LogP contribution in [0.4, 0.5) is 8.78 Å². The average Bonchev–Trinajstić information content (AvgIpc) is 2.58. The molecule has 0 aliphatic rings. The van der Waals surface area contributed by atoms with Crippen molar-refractivity contribution in [1.82, 2.24) is 9.55 Å². The fraction of sp³-hybridized carbons (Fsp3) is 0.273. The number of rotatable bonds is 2. The number of halogens is 2. The summed E-state index contributed by atoms with van der Waals surface area (Å²) in [6, 6.07) is 4.11. The van der Waals surface area contributed by atoms with E-state index in [-0.39, 0.29) is 6.54 Å². The third-order valence-electron chi connectivity index (χ3n) is 2.41. The number of imidazole rings is 1. The van der Waals surface area contributed by atoms with Gasteiger partial charge < -0.3 is 4.57 Å². The predicted octanol–water partition coefficient (Wildman–Crippen LogP) is 2.40. The SMILES string of the molecule is CCc1nc2cc(F)c(F)cc2n1CC#N. The highest BCUT2D eigenvalue weighted by molar-refractivity contribution is 5.76. The second-order valence-corrected chi connectivity index (χ2v) is 3.38. The van der Waals surface area contributed by atoms with Crippen molar-refractivity contribution in [3.05, 3.63) is 29.6 Å². The summed E-state index contributed by atoms with van der Waals surface area (Å²) in [6.07, 6.45) is 0.611. The minimum absolute atomic E-state index is 0.0880. The number of aromatic nitrogens is 2. The third kappa shape index (κ3) is 1.52. The van der Waals surface area contributed by atoms with Crippen molar-refractivity contribution in [3.8, 4) is 6.07 Å². The van der Waals surface area contributed by atoms with Gasteiger partial charge in [-0.15, -0.1) is 0 Å². The maximum Gasteiger partial charge on any atom is 0.161 e. The van der Waals surface area contributed by atoms with Gasteiger partial charge in [-0.3, -0.25) is 0 Å². The predicted molar refractivity (Wildman–Crippen MR) is 54.6 cm³/mol. The minimum Gasteiger partial charge on any atom is -0.314 e. The van der Waals surface area contributed by atoms with E-state index >= 15 is 0 Å². The fourth-order valence-electron chi connectivity index (χ4n) is 1.69. The Kier molecular flexibility index (Phi) is 2.57. The third-order valence-corrected chi connectivity index (χ3v) is 2.41. The molecule has 0 unspecified atom stereocenters. The summed E-state index contributed by atoms with van der Waals surface area (Å²) in [5, 5.41) is 8.67. The van der Waals surface area contributed by atoms with E-state index in [9.17, 15) is 8.78 Å². The summed E-state index contributed by atoms with van der Waals surface area (Å²) in [5.41, 5.74) is 0.836. The lowest BCUT2D eigenvalue weighted by Crippen LogP contribution is -2.01. The Balaban J connectivity index is 2.75. The summed E-state index contributed by atoms with van der Waals surface area (Å²) in [7, 11) is 0. The van der Waals surface area contributed by atoms with Crippen LogP contribution in [0.3, 0.4) is 0 Å². The van der Waals surface area contributed by atoms with Gasteiger partial charge in [-0.25, -0.2) is 13.8 Å². The van der Waals surface area contributed by atoms with Gasteiger partial charge >= 0.3 is 0 Å². The molecule has 3 nitrogen and oxygen atoms in total. The topological polar surface area (TPSA) is 41.6 Å². The molecule has 0 amide bonds. The number of fused-ring (bicyclic) bond motifs is 1. The van der Waals surface area contributed by atoms with Crippen LogP contribution in [0.1, 0.15) is 12.7 Å². The summed E-state index contributed by atoms with van der Waals surface area (Å²) in [6.45, 7) is 1.96. The molecule has 0 N–H and O–H groups in total. The van der Waals surface area contributed by atoms with E-state index in [1.165, 1.54) is 0 Å². The van der Waals surface area contributed by atoms with Crippen LogP contribution in [0.2, 0.25) is 0 Å². The monoisotopic (exact) mass is 221 g/mol. The van der Waals surface area contributed by atoms with E-state index in [1.807, 2.05) is 13.0 Å². The molecule has 16 heavy (non-hydrogen) atoms. The lowest BCUT2D eigenvalue weighted by atomic mass is 10.3. The number of benzene rings is 1. The van der Waals surface area contributed by atoms with E-state index in [1.54, 1.807) is 4.57 Å². The van der Waals surface area contributed by atoms with Gasteiger partial charge in [0.1, 0.15) is 12.4 Å². The van der Waals surface area contributed by atoms with E-state index in [0.717, 1.165) is 12.1 Å². The zero-order valence-corrected chi connectivity index (χ0v) is 8.67. The van der Waals surface area contributed by atoms with Crippen molar-refractivity contribution < 1.29 is 8.78 Å². The Bertz CT molecular complexity index is 581. The Morgan fingerprint density at radius 2 is 2.06 bits per heavy atom. The minimum atomic E-state index is -0.922. The molecule has 5 heteroatoms. The number of aryl methyl sites for hydroxylation is 1. The van der Waals surface area contributed by atoms with Gasteiger partial charge in [0.15, 0.2) is 11.6 Å². The Morgan fingerprint density at radius 1 is 1.38 bits per heavy atom. The van der Waals surface area contributed by atoms with Crippen LogP contribution in [-0.2, 0) is 13.0 Å². The van der Waals surface area contributed by atoms with Crippen molar-refractivity contribution in [2.75, 3.05) is 0 Å². The van der Waals surface area contributed by atoms with Crippen molar-refractivity contribution in [2.45, 2.75) is 19.9 Å². The highest BCUT2D eigenvalue weighted by Gasteiger charge is 2.12. The van der Waals surface area contributed by atoms with Gasteiger partial charge in [0.25, 0.3) is 0 Å². The van der Waals surface area contributed by atoms with E-state index in [2.05, 4.69) is 4.98 Å². The van der Waals surface area contributed by atoms with E-state index in [4.69, 9.17) is 5.26 Å². The number of nitrogens with zero attached hydrogens (tertiary/aromatic N) is 3. The lowest BCUT2D eigenvalue weighted by Gasteiger charge is -2.01. The van der Waals surface area contributed by atoms with Crippen LogP contribution in [0, 0.1) is 23.0 Å². The lowest BCUT2D eigenvalue weighted by molar-refractivity contribution is 0.510. The maximum absolute atomic E-state index is 13.1. The first-order valence-electron chi connectivity index (χ1n) is 4.88. The summed E-state index contributed by atoms with van der Waals surface area (Å²) < 4.78 is 27.7. The molecule has 2 rings (SSSR count). The second-order valence-electron chi connectivity index (χ2n) is 3.38. The van der Waals surface area contributed by atoms with Crippen LogP contribution in [0.25, 0.3) is 11.0 Å². The van der Waals surface area contributed by atoms with Crippen molar-refractivity contribution >= 4 is 11.0 Å². The first kappa shape index (κ1) is 10.6. The van der Waals surface area contributed by atoms with Crippen LogP contribution in [0.15, 0.2) is 12.1 Å². The molecule has 82 valence electrons. The molecular formula is C11H9F2N3. The van der Waals surface area contributed by atoms with Crippen LogP contribution in [0.5, 0.6) is 0 Å². The molecule has 0 spiro atoms. The molecule has 0 saturated heterocycles. The molecule has 0 fully saturated rings. The summed E-state index contributed by atoms with van der Waals surface area (Å²) >= 11 is 0. The van der Waals surface area contributed by atoms with Crippen molar-refractivity contribution in [1.29, 1.82) is 5.26 Å². The van der Waals surface area contributed by atoms with E-state index < -0.39 is 11.6 Å². The Labute approximate surface area is 90.9 Å². The molecule has 0 saturated carbocycles.